The summed E-state index contributed by atoms with van der Waals surface area (Å²) in [4.78, 5) is 11.6. The number of nitrogens with one attached hydrogen (secondary N) is 1. The molecule has 1 aromatic rings. The second-order valence-corrected chi connectivity index (χ2v) is 6.19. The molecule has 2 atom stereocenters. The quantitative estimate of drug-likeness (QED) is 0.636. The van der Waals surface area contributed by atoms with Crippen molar-refractivity contribution in [2.75, 3.05) is 6.54 Å². The van der Waals surface area contributed by atoms with E-state index in [1.807, 2.05) is 6.07 Å². The molecule has 0 saturated heterocycles. The minimum Gasteiger partial charge on any atom is -0.444 e. The molecule has 0 bridgehead atoms. The molecule has 1 aromatic carbocycles. The van der Waals surface area contributed by atoms with E-state index < -0.39 is 23.9 Å². The molecule has 2 unspecified atom stereocenters. The van der Waals surface area contributed by atoms with Crippen LogP contribution in [-0.2, 0) is 11.3 Å². The number of carbonyl (C=O) groups is 1. The maximum absolute atomic E-state index is 11.6. The fourth-order valence-electron chi connectivity index (χ4n) is 1.93. The van der Waals surface area contributed by atoms with Gasteiger partial charge in [-0.15, -0.1) is 0 Å². The fourth-order valence-corrected chi connectivity index (χ4v) is 1.93. The SMILES string of the molecule is CC(C)(C)OC(=O)NCc1cccc(C(O)C(O)CCN)c1. The predicted molar refractivity (Wildman–Crippen MR) is 84.2 cm³/mol. The molecule has 0 aromatic heterocycles. The molecule has 0 heterocycles. The van der Waals surface area contributed by atoms with Gasteiger partial charge in [-0.25, -0.2) is 4.79 Å². The van der Waals surface area contributed by atoms with Crippen molar-refractivity contribution < 1.29 is 19.7 Å². The molecular formula is C16H26N2O4. The number of amides is 1. The van der Waals surface area contributed by atoms with Gasteiger partial charge < -0.3 is 26.0 Å². The average Bonchev–Trinajstić information content (AvgIpc) is 2.43. The lowest BCUT2D eigenvalue weighted by Crippen LogP contribution is -2.32. The third-order valence-corrected chi connectivity index (χ3v) is 2.96. The van der Waals surface area contributed by atoms with Gasteiger partial charge in [0, 0.05) is 6.54 Å². The predicted octanol–water partition coefficient (Wildman–Crippen LogP) is 1.45. The third-order valence-electron chi connectivity index (χ3n) is 2.96. The van der Waals surface area contributed by atoms with Gasteiger partial charge >= 0.3 is 6.09 Å². The van der Waals surface area contributed by atoms with Crippen molar-refractivity contribution in [3.63, 3.8) is 0 Å². The summed E-state index contributed by atoms with van der Waals surface area (Å²) >= 11 is 0. The Balaban J connectivity index is 2.63. The molecular weight excluding hydrogens is 284 g/mol. The number of rotatable bonds is 6. The smallest absolute Gasteiger partial charge is 0.407 e. The summed E-state index contributed by atoms with van der Waals surface area (Å²) in [6, 6.07) is 7.05. The lowest BCUT2D eigenvalue weighted by atomic mass is 10.00. The summed E-state index contributed by atoms with van der Waals surface area (Å²) in [6.45, 7) is 5.97. The first kappa shape index (κ1) is 18.4. The molecule has 124 valence electrons. The topological polar surface area (TPSA) is 105 Å². The normalized spacial score (nSPS) is 14.3. The summed E-state index contributed by atoms with van der Waals surface area (Å²) in [5, 5.41) is 22.5. The van der Waals surface area contributed by atoms with E-state index >= 15 is 0 Å². The highest BCUT2D eigenvalue weighted by Crippen LogP contribution is 2.20. The lowest BCUT2D eigenvalue weighted by molar-refractivity contribution is 0.0150. The van der Waals surface area contributed by atoms with E-state index in [1.54, 1.807) is 39.0 Å². The van der Waals surface area contributed by atoms with Gasteiger partial charge in [-0.2, -0.15) is 0 Å². The Bertz CT molecular complexity index is 485. The number of hydrogen-bond acceptors (Lipinski definition) is 5. The van der Waals surface area contributed by atoms with Crippen molar-refractivity contribution in [1.29, 1.82) is 0 Å². The van der Waals surface area contributed by atoms with Crippen molar-refractivity contribution in [2.24, 2.45) is 5.73 Å². The lowest BCUT2D eigenvalue weighted by Gasteiger charge is -2.20. The second kappa shape index (κ2) is 8.12. The van der Waals surface area contributed by atoms with Gasteiger partial charge in [0.05, 0.1) is 6.10 Å². The van der Waals surface area contributed by atoms with Gasteiger partial charge in [-0.3, -0.25) is 0 Å². The van der Waals surface area contributed by atoms with E-state index in [0.29, 0.717) is 18.5 Å². The first-order valence-corrected chi connectivity index (χ1v) is 7.35. The highest BCUT2D eigenvalue weighted by molar-refractivity contribution is 5.67. The molecule has 0 radical (unpaired) electrons. The van der Waals surface area contributed by atoms with Gasteiger partial charge in [0.15, 0.2) is 0 Å². The van der Waals surface area contributed by atoms with Crippen LogP contribution in [0.3, 0.4) is 0 Å². The van der Waals surface area contributed by atoms with Crippen molar-refractivity contribution in [3.8, 4) is 0 Å². The molecule has 0 fully saturated rings. The van der Waals surface area contributed by atoms with Gasteiger partial charge in [0.1, 0.15) is 11.7 Å². The Morgan fingerprint density at radius 2 is 2.05 bits per heavy atom. The average molecular weight is 310 g/mol. The summed E-state index contributed by atoms with van der Waals surface area (Å²) in [7, 11) is 0. The van der Waals surface area contributed by atoms with E-state index in [2.05, 4.69) is 5.32 Å². The zero-order valence-corrected chi connectivity index (χ0v) is 13.4. The number of carbonyl (C=O) groups excluding carboxylic acids is 1. The zero-order chi connectivity index (χ0) is 16.8. The van der Waals surface area contributed by atoms with Gasteiger partial charge in [-0.05, 0) is 44.9 Å². The molecule has 5 N–H and O–H groups in total. The monoisotopic (exact) mass is 310 g/mol. The van der Waals surface area contributed by atoms with Crippen LogP contribution in [0.15, 0.2) is 24.3 Å². The van der Waals surface area contributed by atoms with E-state index in [-0.39, 0.29) is 6.54 Å². The minimum atomic E-state index is -0.995. The first-order valence-electron chi connectivity index (χ1n) is 7.35. The van der Waals surface area contributed by atoms with Crippen molar-refractivity contribution in [1.82, 2.24) is 5.32 Å². The molecule has 0 aliphatic rings. The van der Waals surface area contributed by atoms with Crippen LogP contribution in [0.25, 0.3) is 0 Å². The largest absolute Gasteiger partial charge is 0.444 e. The van der Waals surface area contributed by atoms with Gasteiger partial charge in [0.25, 0.3) is 0 Å². The number of aliphatic hydroxyl groups is 2. The molecule has 22 heavy (non-hydrogen) atoms. The summed E-state index contributed by atoms with van der Waals surface area (Å²) in [5.41, 5.74) is 6.22. The number of alkyl carbamates (subject to hydrolysis) is 1. The molecule has 1 rings (SSSR count). The highest BCUT2D eigenvalue weighted by Gasteiger charge is 2.18. The molecule has 1 amide bonds. The van der Waals surface area contributed by atoms with Crippen LogP contribution >= 0.6 is 0 Å². The number of ether oxygens (including phenoxy) is 1. The molecule has 0 saturated carbocycles. The number of aliphatic hydroxyl groups excluding tert-OH is 2. The molecule has 0 aliphatic carbocycles. The maximum Gasteiger partial charge on any atom is 0.407 e. The van der Waals surface area contributed by atoms with Crippen LogP contribution in [0.5, 0.6) is 0 Å². The molecule has 0 spiro atoms. The number of benzene rings is 1. The number of nitrogens with two attached hydrogens (primary N) is 1. The van der Waals surface area contributed by atoms with E-state index in [0.717, 1.165) is 5.56 Å². The second-order valence-electron chi connectivity index (χ2n) is 6.19. The third kappa shape index (κ3) is 6.43. The molecule has 6 heteroatoms. The highest BCUT2D eigenvalue weighted by atomic mass is 16.6. The Kier molecular flexibility index (Phi) is 6.80. The first-order chi connectivity index (χ1) is 10.2. The Labute approximate surface area is 131 Å². The maximum atomic E-state index is 11.6. The van der Waals surface area contributed by atoms with Crippen molar-refractivity contribution >= 4 is 6.09 Å². The molecule has 0 aliphatic heterocycles. The van der Waals surface area contributed by atoms with E-state index in [1.165, 1.54) is 0 Å². The van der Waals surface area contributed by atoms with Crippen molar-refractivity contribution in [3.05, 3.63) is 35.4 Å². The van der Waals surface area contributed by atoms with Crippen LogP contribution in [0.1, 0.15) is 44.4 Å². The van der Waals surface area contributed by atoms with Crippen LogP contribution in [0, 0.1) is 0 Å². The van der Waals surface area contributed by atoms with Crippen LogP contribution < -0.4 is 11.1 Å². The van der Waals surface area contributed by atoms with E-state index in [4.69, 9.17) is 10.5 Å². The van der Waals surface area contributed by atoms with Crippen molar-refractivity contribution in [2.45, 2.75) is 51.5 Å². The van der Waals surface area contributed by atoms with Gasteiger partial charge in [-0.1, -0.05) is 24.3 Å². The van der Waals surface area contributed by atoms with E-state index in [9.17, 15) is 15.0 Å². The standard InChI is InChI=1S/C16H26N2O4/c1-16(2,3)22-15(21)18-10-11-5-4-6-12(9-11)14(20)13(19)7-8-17/h4-6,9,13-14,19-20H,7-8,10,17H2,1-3H3,(H,18,21). The summed E-state index contributed by atoms with van der Waals surface area (Å²) < 4.78 is 5.15. The summed E-state index contributed by atoms with van der Waals surface area (Å²) in [6.07, 6.45) is -2.08. The Hall–Kier alpha value is -1.63. The zero-order valence-electron chi connectivity index (χ0n) is 13.4. The van der Waals surface area contributed by atoms with Crippen LogP contribution in [0.4, 0.5) is 4.79 Å². The van der Waals surface area contributed by atoms with Crippen LogP contribution in [-0.4, -0.2) is 34.6 Å². The van der Waals surface area contributed by atoms with Gasteiger partial charge in [0.2, 0.25) is 0 Å². The molecule has 6 nitrogen and oxygen atoms in total. The van der Waals surface area contributed by atoms with Crippen LogP contribution in [0.2, 0.25) is 0 Å². The summed E-state index contributed by atoms with van der Waals surface area (Å²) in [5.74, 6) is 0. The minimum absolute atomic E-state index is 0.280. The Morgan fingerprint density at radius 1 is 1.36 bits per heavy atom. The number of hydrogen-bond donors (Lipinski definition) is 4. The fraction of sp³-hybridized carbons (Fsp3) is 0.562. The Morgan fingerprint density at radius 3 is 2.64 bits per heavy atom.